The first-order chi connectivity index (χ1) is 7.91. The predicted molar refractivity (Wildman–Crippen MR) is 60.3 cm³/mol. The molecule has 1 amide bonds. The molecule has 0 bridgehead atoms. The molecule has 0 aliphatic carbocycles. The molecular formula is C8H16N2O7S. The summed E-state index contributed by atoms with van der Waals surface area (Å²) in [7, 11) is -4.53. The number of carbonyl (C=O) groups excluding carboxylic acids is 1. The highest BCUT2D eigenvalue weighted by molar-refractivity contribution is 7.83. The van der Waals surface area contributed by atoms with Gasteiger partial charge >= 0.3 is 22.4 Å². The van der Waals surface area contributed by atoms with Crippen LogP contribution in [0.3, 0.4) is 0 Å². The molecule has 9 nitrogen and oxygen atoms in total. The third kappa shape index (κ3) is 8.73. The fourth-order valence-corrected chi connectivity index (χ4v) is 1.22. The Labute approximate surface area is 104 Å². The number of hydrogen-bond donors (Lipinski definition) is 4. The van der Waals surface area contributed by atoms with Gasteiger partial charge in [-0.1, -0.05) is 0 Å². The van der Waals surface area contributed by atoms with Crippen LogP contribution in [0.2, 0.25) is 0 Å². The van der Waals surface area contributed by atoms with E-state index in [2.05, 4.69) is 0 Å². The van der Waals surface area contributed by atoms with Gasteiger partial charge in [0.2, 0.25) is 0 Å². The molecule has 0 saturated carbocycles. The van der Waals surface area contributed by atoms with Gasteiger partial charge in [-0.3, -0.25) is 4.55 Å². The number of amides is 1. The lowest BCUT2D eigenvalue weighted by atomic mass is 10.2. The molecule has 0 rings (SSSR count). The maximum absolute atomic E-state index is 11.3. The summed E-state index contributed by atoms with van der Waals surface area (Å²) in [5.74, 6) is -1.47. The largest absolute Gasteiger partial charge is 0.480 e. The van der Waals surface area contributed by atoms with Crippen LogP contribution in [0.15, 0.2) is 0 Å². The van der Waals surface area contributed by atoms with E-state index in [9.17, 15) is 18.0 Å². The van der Waals surface area contributed by atoms with Crippen molar-refractivity contribution in [1.29, 1.82) is 0 Å². The minimum atomic E-state index is -4.53. The fourth-order valence-electron chi connectivity index (χ4n) is 0.839. The molecule has 0 aromatic rings. The molecule has 0 aromatic carbocycles. The van der Waals surface area contributed by atoms with Gasteiger partial charge in [-0.25, -0.2) is 9.59 Å². The van der Waals surface area contributed by atoms with Gasteiger partial charge in [-0.2, -0.15) is 13.1 Å². The third-order valence-corrected chi connectivity index (χ3v) is 1.99. The van der Waals surface area contributed by atoms with Gasteiger partial charge in [0.05, 0.1) is 0 Å². The highest BCUT2D eigenvalue weighted by Gasteiger charge is 2.24. The van der Waals surface area contributed by atoms with Crippen molar-refractivity contribution in [3.8, 4) is 0 Å². The summed E-state index contributed by atoms with van der Waals surface area (Å²) in [6, 6.07) is -1.55. The molecule has 0 fully saturated rings. The van der Waals surface area contributed by atoms with Crippen molar-refractivity contribution in [3.05, 3.63) is 0 Å². The molecule has 1 unspecified atom stereocenters. The van der Waals surface area contributed by atoms with Crippen molar-refractivity contribution in [2.75, 3.05) is 6.54 Å². The number of carboxylic acids is 1. The van der Waals surface area contributed by atoms with E-state index in [1.807, 2.05) is 5.32 Å². The van der Waals surface area contributed by atoms with Crippen LogP contribution in [-0.2, 0) is 19.8 Å². The average Bonchev–Trinajstić information content (AvgIpc) is 2.06. The molecule has 4 N–H and O–H groups in total. The normalized spacial score (nSPS) is 13.8. The SMILES string of the molecule is CC(C)(C)OC(=O)NC(CNS(=O)(=O)O)C(=O)O. The van der Waals surface area contributed by atoms with Gasteiger partial charge in [-0.15, -0.1) is 0 Å². The van der Waals surface area contributed by atoms with E-state index in [1.54, 1.807) is 25.5 Å². The van der Waals surface area contributed by atoms with Crippen LogP contribution in [0.4, 0.5) is 4.79 Å². The van der Waals surface area contributed by atoms with E-state index in [0.717, 1.165) is 0 Å². The Morgan fingerprint density at radius 2 is 1.83 bits per heavy atom. The first-order valence-electron chi connectivity index (χ1n) is 4.85. The number of carbonyl (C=O) groups is 2. The number of rotatable bonds is 5. The Morgan fingerprint density at radius 3 is 2.17 bits per heavy atom. The van der Waals surface area contributed by atoms with Crippen molar-refractivity contribution in [2.24, 2.45) is 0 Å². The molecule has 0 aromatic heterocycles. The summed E-state index contributed by atoms with van der Waals surface area (Å²) in [6.45, 7) is 4.05. The topological polar surface area (TPSA) is 142 Å². The lowest BCUT2D eigenvalue weighted by molar-refractivity contribution is -0.139. The summed E-state index contributed by atoms with van der Waals surface area (Å²) in [5.41, 5.74) is -0.816. The van der Waals surface area contributed by atoms with Crippen LogP contribution in [0.1, 0.15) is 20.8 Å². The third-order valence-electron chi connectivity index (χ3n) is 1.46. The first kappa shape index (κ1) is 16.6. The van der Waals surface area contributed by atoms with E-state index in [-0.39, 0.29) is 0 Å². The molecule has 0 aliphatic rings. The number of ether oxygens (including phenoxy) is 1. The van der Waals surface area contributed by atoms with Crippen molar-refractivity contribution in [2.45, 2.75) is 32.4 Å². The lowest BCUT2D eigenvalue weighted by Gasteiger charge is -2.21. The van der Waals surface area contributed by atoms with Crippen molar-refractivity contribution in [1.82, 2.24) is 10.0 Å². The van der Waals surface area contributed by atoms with Crippen molar-refractivity contribution >= 4 is 22.4 Å². The van der Waals surface area contributed by atoms with E-state index >= 15 is 0 Å². The number of aliphatic carboxylic acids is 1. The minimum absolute atomic E-state index is 0.701. The first-order valence-corrected chi connectivity index (χ1v) is 6.29. The van der Waals surface area contributed by atoms with E-state index < -0.39 is 40.6 Å². The van der Waals surface area contributed by atoms with Crippen LogP contribution in [0.25, 0.3) is 0 Å². The maximum atomic E-state index is 11.3. The van der Waals surface area contributed by atoms with Crippen LogP contribution >= 0.6 is 0 Å². The van der Waals surface area contributed by atoms with Crippen LogP contribution in [-0.4, -0.2) is 48.3 Å². The molecule has 18 heavy (non-hydrogen) atoms. The zero-order valence-corrected chi connectivity index (χ0v) is 10.9. The number of nitrogens with one attached hydrogen (secondary N) is 2. The Kier molecular flexibility index (Phi) is 5.52. The van der Waals surface area contributed by atoms with Crippen LogP contribution < -0.4 is 10.0 Å². The highest BCUT2D eigenvalue weighted by Crippen LogP contribution is 2.06. The minimum Gasteiger partial charge on any atom is -0.480 e. The summed E-state index contributed by atoms with van der Waals surface area (Å²) in [4.78, 5) is 22.0. The quantitative estimate of drug-likeness (QED) is 0.492. The summed E-state index contributed by atoms with van der Waals surface area (Å²) in [5, 5.41) is 10.7. The van der Waals surface area contributed by atoms with E-state index in [0.29, 0.717) is 0 Å². The summed E-state index contributed by atoms with van der Waals surface area (Å²) in [6.07, 6.45) is -1.01. The van der Waals surface area contributed by atoms with Gasteiger partial charge in [0.15, 0.2) is 0 Å². The second kappa shape index (κ2) is 5.98. The van der Waals surface area contributed by atoms with E-state index in [4.69, 9.17) is 14.4 Å². The summed E-state index contributed by atoms with van der Waals surface area (Å²) < 4.78 is 35.5. The molecule has 106 valence electrons. The number of alkyl carbamates (subject to hydrolysis) is 1. The van der Waals surface area contributed by atoms with Gasteiger partial charge < -0.3 is 15.2 Å². The molecule has 10 heteroatoms. The molecule has 0 heterocycles. The zero-order chi connectivity index (χ0) is 14.6. The van der Waals surface area contributed by atoms with Crippen molar-refractivity contribution in [3.63, 3.8) is 0 Å². The highest BCUT2D eigenvalue weighted by atomic mass is 32.2. The Morgan fingerprint density at radius 1 is 1.33 bits per heavy atom. The second-order valence-electron chi connectivity index (χ2n) is 4.36. The molecular weight excluding hydrogens is 268 g/mol. The average molecular weight is 284 g/mol. The monoisotopic (exact) mass is 284 g/mol. The van der Waals surface area contributed by atoms with Gasteiger partial charge in [0.1, 0.15) is 11.6 Å². The smallest absolute Gasteiger partial charge is 0.408 e. The Balaban J connectivity index is 4.46. The molecule has 1 atom stereocenters. The predicted octanol–water partition coefficient (Wildman–Crippen LogP) is -0.643. The van der Waals surface area contributed by atoms with Gasteiger partial charge in [-0.05, 0) is 20.8 Å². The van der Waals surface area contributed by atoms with Crippen molar-refractivity contribution < 1.29 is 32.4 Å². The van der Waals surface area contributed by atoms with Crippen LogP contribution in [0, 0.1) is 0 Å². The van der Waals surface area contributed by atoms with Crippen LogP contribution in [0.5, 0.6) is 0 Å². The Bertz CT molecular complexity index is 412. The maximum Gasteiger partial charge on any atom is 0.408 e. The molecule has 0 radical (unpaired) electrons. The second-order valence-corrected chi connectivity index (χ2v) is 5.60. The van der Waals surface area contributed by atoms with Gasteiger partial charge in [0, 0.05) is 6.54 Å². The zero-order valence-electron chi connectivity index (χ0n) is 10.1. The standard InChI is InChI=1S/C8H16N2O7S/c1-8(2,3)17-7(13)10-5(6(11)12)4-9-18(14,15)16/h5,9H,4H2,1-3H3,(H,10,13)(H,11,12)(H,14,15,16). The summed E-state index contributed by atoms with van der Waals surface area (Å²) >= 11 is 0. The lowest BCUT2D eigenvalue weighted by Crippen LogP contribution is -2.49. The van der Waals surface area contributed by atoms with E-state index in [1.165, 1.54) is 0 Å². The number of hydrogen-bond acceptors (Lipinski definition) is 5. The van der Waals surface area contributed by atoms with Gasteiger partial charge in [0.25, 0.3) is 0 Å². The number of carboxylic acid groups (broad SMARTS) is 1. The molecule has 0 saturated heterocycles. The molecule has 0 spiro atoms. The molecule has 0 aliphatic heterocycles. The Hall–Kier alpha value is -1.39. The fraction of sp³-hybridized carbons (Fsp3) is 0.750.